The van der Waals surface area contributed by atoms with Gasteiger partial charge >= 0.3 is 17.9 Å². The summed E-state index contributed by atoms with van der Waals surface area (Å²) in [7, 11) is 0. The Labute approximate surface area is 403 Å². The van der Waals surface area contributed by atoms with Gasteiger partial charge < -0.3 is 39.4 Å². The van der Waals surface area contributed by atoms with Gasteiger partial charge in [0.2, 0.25) is 0 Å². The van der Waals surface area contributed by atoms with Gasteiger partial charge in [-0.25, -0.2) is 4.79 Å². The Bertz CT molecular complexity index is 1150. The molecule has 0 bridgehead atoms. The molecule has 11 heteroatoms. The smallest absolute Gasteiger partial charge is 0.335 e. The number of ether oxygens (including phenoxy) is 4. The van der Waals surface area contributed by atoms with Crippen molar-refractivity contribution in [3.05, 3.63) is 12.2 Å². The molecule has 1 heterocycles. The number of aliphatic hydroxyl groups is 3. The fourth-order valence-electron chi connectivity index (χ4n) is 8.76. The average Bonchev–Trinajstić information content (AvgIpc) is 3.30. The van der Waals surface area contributed by atoms with Crippen LogP contribution in [0.4, 0.5) is 0 Å². The fraction of sp³-hybridized carbons (Fsp3) is 0.909. The number of allylic oxidation sites excluding steroid dienone is 2. The molecule has 0 radical (unpaired) electrons. The number of carboxylic acids is 1. The molecule has 11 nitrogen and oxygen atoms in total. The second kappa shape index (κ2) is 45.4. The lowest BCUT2D eigenvalue weighted by Crippen LogP contribution is -2.60. The zero-order chi connectivity index (χ0) is 48.1. The van der Waals surface area contributed by atoms with Crippen molar-refractivity contribution in [2.75, 3.05) is 13.2 Å². The summed E-state index contributed by atoms with van der Waals surface area (Å²) >= 11 is 0. The van der Waals surface area contributed by atoms with Crippen molar-refractivity contribution in [3.63, 3.8) is 0 Å². The van der Waals surface area contributed by atoms with Gasteiger partial charge in [0.25, 0.3) is 0 Å². The van der Waals surface area contributed by atoms with E-state index in [1.807, 2.05) is 0 Å². The number of carbonyl (C=O) groups is 3. The van der Waals surface area contributed by atoms with Gasteiger partial charge in [0.05, 0.1) is 6.61 Å². The van der Waals surface area contributed by atoms with Crippen molar-refractivity contribution in [1.29, 1.82) is 0 Å². The quantitative estimate of drug-likeness (QED) is 0.0260. The van der Waals surface area contributed by atoms with Crippen molar-refractivity contribution in [2.24, 2.45) is 0 Å². The van der Waals surface area contributed by atoms with Crippen LogP contribution in [0.1, 0.15) is 271 Å². The Morgan fingerprint density at radius 1 is 0.455 bits per heavy atom. The second-order valence-corrected chi connectivity index (χ2v) is 19.4. The maximum absolute atomic E-state index is 12.8. The molecule has 388 valence electrons. The normalized spacial score (nSPS) is 19.1. The number of carbonyl (C=O) groups excluding carboxylic acids is 2. The van der Waals surface area contributed by atoms with Crippen LogP contribution >= 0.6 is 0 Å². The van der Waals surface area contributed by atoms with Crippen LogP contribution in [0.3, 0.4) is 0 Å². The minimum atomic E-state index is -1.86. The summed E-state index contributed by atoms with van der Waals surface area (Å²) in [5, 5.41) is 40.0. The number of hydrogen-bond acceptors (Lipinski definition) is 10. The minimum Gasteiger partial charge on any atom is -0.479 e. The number of aliphatic hydroxyl groups excluding tert-OH is 3. The summed E-state index contributed by atoms with van der Waals surface area (Å²) in [6.45, 7) is 3.87. The van der Waals surface area contributed by atoms with E-state index in [0.717, 1.165) is 38.5 Å². The van der Waals surface area contributed by atoms with E-state index in [9.17, 15) is 34.8 Å². The number of rotatable bonds is 48. The molecule has 1 saturated heterocycles. The highest BCUT2D eigenvalue weighted by Gasteiger charge is 2.47. The third-order valence-electron chi connectivity index (χ3n) is 13.1. The van der Waals surface area contributed by atoms with Crippen LogP contribution in [0, 0.1) is 0 Å². The molecule has 1 aliphatic heterocycles. The van der Waals surface area contributed by atoms with Crippen LogP contribution in [-0.4, -0.2) is 88.4 Å². The molecule has 0 aromatic rings. The molecular formula is C55H102O11. The van der Waals surface area contributed by atoms with Crippen molar-refractivity contribution in [2.45, 2.75) is 307 Å². The van der Waals surface area contributed by atoms with Gasteiger partial charge in [-0.3, -0.25) is 9.59 Å². The average molecular weight is 939 g/mol. The highest BCUT2D eigenvalue weighted by molar-refractivity contribution is 5.73. The first-order valence-electron chi connectivity index (χ1n) is 27.7. The van der Waals surface area contributed by atoms with E-state index in [4.69, 9.17) is 18.9 Å². The van der Waals surface area contributed by atoms with E-state index in [0.29, 0.717) is 12.8 Å². The van der Waals surface area contributed by atoms with Crippen LogP contribution < -0.4 is 0 Å². The van der Waals surface area contributed by atoms with Crippen molar-refractivity contribution >= 4 is 17.9 Å². The first-order valence-corrected chi connectivity index (χ1v) is 27.7. The lowest BCUT2D eigenvalue weighted by molar-refractivity contribution is -0.298. The lowest BCUT2D eigenvalue weighted by atomic mass is 9.99. The molecule has 0 saturated carbocycles. The van der Waals surface area contributed by atoms with Crippen molar-refractivity contribution in [3.8, 4) is 0 Å². The van der Waals surface area contributed by atoms with E-state index in [1.165, 1.54) is 193 Å². The molecule has 0 aromatic heterocycles. The van der Waals surface area contributed by atoms with Crippen LogP contribution in [-0.2, 0) is 33.3 Å². The number of hydrogen-bond donors (Lipinski definition) is 4. The largest absolute Gasteiger partial charge is 0.479 e. The van der Waals surface area contributed by atoms with E-state index in [-0.39, 0.29) is 26.1 Å². The van der Waals surface area contributed by atoms with Crippen molar-refractivity contribution in [1.82, 2.24) is 0 Å². The molecular weight excluding hydrogens is 837 g/mol. The molecule has 0 spiro atoms. The summed E-state index contributed by atoms with van der Waals surface area (Å²) in [6.07, 6.45) is 42.6. The van der Waals surface area contributed by atoms with Crippen molar-refractivity contribution < 1.29 is 53.8 Å². The highest BCUT2D eigenvalue weighted by atomic mass is 16.7. The molecule has 66 heavy (non-hydrogen) atoms. The van der Waals surface area contributed by atoms with Gasteiger partial charge in [0.1, 0.15) is 24.9 Å². The van der Waals surface area contributed by atoms with Gasteiger partial charge in [-0.1, -0.05) is 231 Å². The third-order valence-corrected chi connectivity index (χ3v) is 13.1. The number of unbranched alkanes of at least 4 members (excludes halogenated alkanes) is 35. The molecule has 6 atom stereocenters. The maximum atomic E-state index is 12.8. The van der Waals surface area contributed by atoms with Crippen LogP contribution in [0.2, 0.25) is 0 Å². The topological polar surface area (TPSA) is 169 Å². The first kappa shape index (κ1) is 62.0. The first-order chi connectivity index (χ1) is 32.2. The van der Waals surface area contributed by atoms with E-state index < -0.39 is 54.7 Å². The summed E-state index contributed by atoms with van der Waals surface area (Å²) in [5.74, 6) is -2.42. The molecule has 1 fully saturated rings. The van der Waals surface area contributed by atoms with Gasteiger partial charge in [0, 0.05) is 12.8 Å². The Kier molecular flexibility index (Phi) is 42.6. The van der Waals surface area contributed by atoms with Crippen LogP contribution in [0.5, 0.6) is 0 Å². The van der Waals surface area contributed by atoms with E-state index in [1.54, 1.807) is 0 Å². The Hall–Kier alpha value is -2.05. The van der Waals surface area contributed by atoms with Gasteiger partial charge in [-0.15, -0.1) is 0 Å². The Morgan fingerprint density at radius 2 is 0.803 bits per heavy atom. The van der Waals surface area contributed by atoms with E-state index in [2.05, 4.69) is 26.0 Å². The molecule has 0 aromatic carbocycles. The summed E-state index contributed by atoms with van der Waals surface area (Å²) in [6, 6.07) is 0. The summed E-state index contributed by atoms with van der Waals surface area (Å²) in [4.78, 5) is 37.0. The molecule has 6 unspecified atom stereocenters. The third kappa shape index (κ3) is 36.0. The van der Waals surface area contributed by atoms with Gasteiger partial charge in [-0.05, 0) is 38.5 Å². The second-order valence-electron chi connectivity index (χ2n) is 19.4. The van der Waals surface area contributed by atoms with Gasteiger partial charge in [-0.2, -0.15) is 0 Å². The lowest BCUT2D eigenvalue weighted by Gasteiger charge is -2.38. The molecule has 1 rings (SSSR count). The zero-order valence-corrected chi connectivity index (χ0v) is 42.5. The number of aliphatic carboxylic acids is 1. The predicted molar refractivity (Wildman–Crippen MR) is 266 cm³/mol. The van der Waals surface area contributed by atoms with Gasteiger partial charge in [0.15, 0.2) is 18.5 Å². The number of esters is 2. The summed E-state index contributed by atoms with van der Waals surface area (Å²) < 4.78 is 21.9. The highest BCUT2D eigenvalue weighted by Crippen LogP contribution is 2.23. The monoisotopic (exact) mass is 939 g/mol. The summed E-state index contributed by atoms with van der Waals surface area (Å²) in [5.41, 5.74) is 0. The van der Waals surface area contributed by atoms with Crippen LogP contribution in [0.15, 0.2) is 12.2 Å². The zero-order valence-electron chi connectivity index (χ0n) is 42.5. The molecule has 0 aliphatic carbocycles. The molecule has 0 amide bonds. The van der Waals surface area contributed by atoms with E-state index >= 15 is 0 Å². The molecule has 4 N–H and O–H groups in total. The fourth-order valence-corrected chi connectivity index (χ4v) is 8.76. The molecule has 1 aliphatic rings. The maximum Gasteiger partial charge on any atom is 0.335 e. The minimum absolute atomic E-state index is 0.189. The predicted octanol–water partition coefficient (Wildman–Crippen LogP) is 13.6. The Morgan fingerprint density at radius 3 is 1.18 bits per heavy atom. The standard InChI is InChI=1S/C55H102O11/c1-3-5-7-9-11-13-15-17-19-21-22-23-24-25-26-28-29-31-33-35-37-39-41-43-48(56)63-45-47(46-64-55-52(60)50(58)51(59)53(66-55)54(61)62)65-49(57)44-42-40-38-36-34-32-30-27-20-18-16-14-12-10-8-6-4-2/h21-22,47,50-53,55,58-60H,3-20,23-46H2,1-2H3,(H,61,62)/b22-21-. The van der Waals surface area contributed by atoms with Crippen LogP contribution in [0.25, 0.3) is 0 Å². The number of carboxylic acid groups (broad SMARTS) is 1. The SMILES string of the molecule is CCCCCCCCCC/C=C\CCCCCCCCCCCCCC(=O)OCC(COC1OC(C(=O)O)C(O)C(O)C1O)OC(=O)CCCCCCCCCCCCCCCCCCC. The Balaban J connectivity index is 2.24.